The molecule has 0 aliphatic rings. The van der Waals surface area contributed by atoms with Crippen molar-refractivity contribution in [3.05, 3.63) is 59.4 Å². The third kappa shape index (κ3) is 5.63. The zero-order valence-corrected chi connectivity index (χ0v) is 14.5. The van der Waals surface area contributed by atoms with Crippen molar-refractivity contribution in [2.45, 2.75) is 27.3 Å². The summed E-state index contributed by atoms with van der Waals surface area (Å²) in [7, 11) is 0. The average molecular weight is 344 g/mol. The van der Waals surface area contributed by atoms with Crippen LogP contribution in [0, 0.1) is 11.2 Å². The van der Waals surface area contributed by atoms with Crippen LogP contribution in [0.4, 0.5) is 4.39 Å². The number of nitrogens with zero attached hydrogens (tertiary/aromatic N) is 2. The lowest BCUT2D eigenvalue weighted by Gasteiger charge is -2.18. The molecule has 2 N–H and O–H groups in total. The molecular formula is C18H21FN4O2. The first kappa shape index (κ1) is 18.5. The van der Waals surface area contributed by atoms with Gasteiger partial charge in [0.2, 0.25) is 0 Å². The number of aromatic nitrogens is 2. The average Bonchev–Trinajstić information content (AvgIpc) is 2.58. The fraction of sp³-hybridized carbons (Fsp3) is 0.333. The molecule has 0 unspecified atom stereocenters. The van der Waals surface area contributed by atoms with E-state index in [1.807, 2.05) is 20.8 Å². The molecule has 6 nitrogen and oxygen atoms in total. The molecule has 0 atom stereocenters. The molecule has 0 radical (unpaired) electrons. The Morgan fingerprint density at radius 1 is 0.960 bits per heavy atom. The summed E-state index contributed by atoms with van der Waals surface area (Å²) in [5.41, 5.74) is 0.569. The summed E-state index contributed by atoms with van der Waals surface area (Å²) in [6, 6.07) is 5.77. The number of hydrogen-bond donors (Lipinski definition) is 2. The Balaban J connectivity index is 2.06. The Morgan fingerprint density at radius 3 is 2.00 bits per heavy atom. The molecule has 2 amide bonds. The molecule has 0 aliphatic heterocycles. The van der Waals surface area contributed by atoms with Crippen LogP contribution in [-0.2, 0) is 6.54 Å². The van der Waals surface area contributed by atoms with Crippen LogP contribution in [0.2, 0.25) is 0 Å². The molecule has 0 fully saturated rings. The summed E-state index contributed by atoms with van der Waals surface area (Å²) in [4.78, 5) is 32.6. The molecule has 0 saturated heterocycles. The summed E-state index contributed by atoms with van der Waals surface area (Å²) in [5, 5.41) is 5.41. The molecular weight excluding hydrogens is 323 g/mol. The van der Waals surface area contributed by atoms with Gasteiger partial charge in [0, 0.05) is 25.5 Å². The van der Waals surface area contributed by atoms with E-state index in [9.17, 15) is 14.0 Å². The molecule has 7 heteroatoms. The van der Waals surface area contributed by atoms with E-state index in [0.29, 0.717) is 6.54 Å². The van der Waals surface area contributed by atoms with E-state index in [0.717, 1.165) is 5.56 Å². The Morgan fingerprint density at radius 2 is 1.48 bits per heavy atom. The molecule has 0 saturated carbocycles. The maximum Gasteiger partial charge on any atom is 0.272 e. The zero-order valence-electron chi connectivity index (χ0n) is 14.5. The molecule has 1 aromatic heterocycles. The number of amides is 2. The predicted octanol–water partition coefficient (Wildman–Crippen LogP) is 2.32. The lowest BCUT2D eigenvalue weighted by atomic mass is 9.97. The molecule has 2 aromatic rings. The van der Waals surface area contributed by atoms with E-state index in [1.54, 1.807) is 12.1 Å². The van der Waals surface area contributed by atoms with E-state index in [1.165, 1.54) is 24.5 Å². The van der Waals surface area contributed by atoms with Crippen molar-refractivity contribution in [3.63, 3.8) is 0 Å². The minimum Gasteiger partial charge on any atom is -0.350 e. The van der Waals surface area contributed by atoms with Gasteiger partial charge in [0.25, 0.3) is 11.8 Å². The van der Waals surface area contributed by atoms with Gasteiger partial charge in [0.15, 0.2) is 11.4 Å². The van der Waals surface area contributed by atoms with E-state index in [2.05, 4.69) is 20.6 Å². The Bertz CT molecular complexity index is 754. The minimum absolute atomic E-state index is 0.0247. The topological polar surface area (TPSA) is 84.0 Å². The molecule has 1 aromatic carbocycles. The van der Waals surface area contributed by atoms with Crippen LogP contribution in [0.5, 0.6) is 0 Å². The second kappa shape index (κ2) is 7.83. The Kier molecular flexibility index (Phi) is 5.80. The Hall–Kier alpha value is -2.83. The van der Waals surface area contributed by atoms with Crippen molar-refractivity contribution in [1.82, 2.24) is 20.6 Å². The van der Waals surface area contributed by atoms with Gasteiger partial charge in [-0.2, -0.15) is 0 Å². The predicted molar refractivity (Wildman–Crippen MR) is 91.4 cm³/mol. The van der Waals surface area contributed by atoms with Crippen molar-refractivity contribution >= 4 is 11.8 Å². The van der Waals surface area contributed by atoms with Crippen LogP contribution in [0.15, 0.2) is 36.7 Å². The molecule has 0 bridgehead atoms. The van der Waals surface area contributed by atoms with Crippen LogP contribution < -0.4 is 10.6 Å². The van der Waals surface area contributed by atoms with Gasteiger partial charge in [-0.15, -0.1) is 0 Å². The van der Waals surface area contributed by atoms with Crippen molar-refractivity contribution in [1.29, 1.82) is 0 Å². The summed E-state index contributed by atoms with van der Waals surface area (Å²) >= 11 is 0. The van der Waals surface area contributed by atoms with Crippen molar-refractivity contribution < 1.29 is 14.0 Å². The van der Waals surface area contributed by atoms with Crippen LogP contribution in [-0.4, -0.2) is 28.3 Å². The maximum atomic E-state index is 12.9. The SMILES string of the molecule is CC(C)(C)CNC(=O)c1nccnc1C(=O)NCc1ccc(F)cc1. The second-order valence-electron chi connectivity index (χ2n) is 6.81. The fourth-order valence-electron chi connectivity index (χ4n) is 1.97. The monoisotopic (exact) mass is 344 g/mol. The lowest BCUT2D eigenvalue weighted by Crippen LogP contribution is -2.35. The van der Waals surface area contributed by atoms with Crippen molar-refractivity contribution in [2.75, 3.05) is 6.54 Å². The highest BCUT2D eigenvalue weighted by atomic mass is 19.1. The lowest BCUT2D eigenvalue weighted by molar-refractivity contribution is 0.0902. The second-order valence-corrected chi connectivity index (χ2v) is 6.81. The van der Waals surface area contributed by atoms with Gasteiger partial charge in [-0.05, 0) is 23.1 Å². The number of rotatable bonds is 5. The normalized spacial score (nSPS) is 11.0. The molecule has 1 heterocycles. The first-order valence-corrected chi connectivity index (χ1v) is 7.88. The highest BCUT2D eigenvalue weighted by Gasteiger charge is 2.21. The van der Waals surface area contributed by atoms with Crippen LogP contribution >= 0.6 is 0 Å². The summed E-state index contributed by atoms with van der Waals surface area (Å²) in [6.45, 7) is 6.60. The molecule has 0 aliphatic carbocycles. The molecule has 132 valence electrons. The zero-order chi connectivity index (χ0) is 18.4. The van der Waals surface area contributed by atoms with Crippen LogP contribution in [0.25, 0.3) is 0 Å². The van der Waals surface area contributed by atoms with Crippen LogP contribution in [0.3, 0.4) is 0 Å². The van der Waals surface area contributed by atoms with Crippen molar-refractivity contribution in [3.8, 4) is 0 Å². The number of hydrogen-bond acceptors (Lipinski definition) is 4. The molecule has 25 heavy (non-hydrogen) atoms. The highest BCUT2D eigenvalue weighted by Crippen LogP contribution is 2.11. The largest absolute Gasteiger partial charge is 0.350 e. The standard InChI is InChI=1S/C18H21FN4O2/c1-18(2,3)11-23-17(25)15-14(20-8-9-21-15)16(24)22-10-12-4-6-13(19)7-5-12/h4-9H,10-11H2,1-3H3,(H,22,24)(H,23,25). The molecule has 0 spiro atoms. The van der Waals surface area contributed by atoms with Gasteiger partial charge in [0.05, 0.1) is 0 Å². The number of halogens is 1. The number of benzene rings is 1. The van der Waals surface area contributed by atoms with Gasteiger partial charge in [-0.3, -0.25) is 9.59 Å². The van der Waals surface area contributed by atoms with Gasteiger partial charge in [0.1, 0.15) is 5.82 Å². The van der Waals surface area contributed by atoms with Crippen LogP contribution in [0.1, 0.15) is 47.3 Å². The minimum atomic E-state index is -0.515. The third-order valence-electron chi connectivity index (χ3n) is 3.27. The number of carbonyl (C=O) groups is 2. The summed E-state index contributed by atoms with van der Waals surface area (Å²) in [6.07, 6.45) is 2.72. The Labute approximate surface area is 145 Å². The van der Waals surface area contributed by atoms with E-state index in [4.69, 9.17) is 0 Å². The third-order valence-corrected chi connectivity index (χ3v) is 3.27. The maximum absolute atomic E-state index is 12.9. The van der Waals surface area contributed by atoms with Crippen molar-refractivity contribution in [2.24, 2.45) is 5.41 Å². The fourth-order valence-corrected chi connectivity index (χ4v) is 1.97. The van der Waals surface area contributed by atoms with E-state index in [-0.39, 0.29) is 29.2 Å². The van der Waals surface area contributed by atoms with Gasteiger partial charge in [-0.1, -0.05) is 32.9 Å². The number of nitrogens with one attached hydrogen (secondary N) is 2. The quantitative estimate of drug-likeness (QED) is 0.872. The van der Waals surface area contributed by atoms with E-state index < -0.39 is 11.8 Å². The summed E-state index contributed by atoms with van der Waals surface area (Å²) < 4.78 is 12.9. The van der Waals surface area contributed by atoms with Gasteiger partial charge < -0.3 is 10.6 Å². The highest BCUT2D eigenvalue weighted by molar-refractivity contribution is 6.04. The van der Waals surface area contributed by atoms with E-state index >= 15 is 0 Å². The number of carbonyl (C=O) groups excluding carboxylic acids is 2. The van der Waals surface area contributed by atoms with Gasteiger partial charge >= 0.3 is 0 Å². The smallest absolute Gasteiger partial charge is 0.272 e. The first-order chi connectivity index (χ1) is 11.8. The summed E-state index contributed by atoms with van der Waals surface area (Å²) in [5.74, 6) is -1.31. The first-order valence-electron chi connectivity index (χ1n) is 7.88. The molecule has 2 rings (SSSR count). The van der Waals surface area contributed by atoms with Gasteiger partial charge in [-0.25, -0.2) is 14.4 Å².